The second-order valence-corrected chi connectivity index (χ2v) is 5.41. The van der Waals surface area contributed by atoms with Gasteiger partial charge in [0.05, 0.1) is 0 Å². The molecule has 0 aliphatic heterocycles. The predicted octanol–water partition coefficient (Wildman–Crippen LogP) is 4.08. The Kier molecular flexibility index (Phi) is 3.15. The molecule has 1 heterocycles. The van der Waals surface area contributed by atoms with Crippen molar-refractivity contribution in [1.29, 1.82) is 0 Å². The molecule has 0 radical (unpaired) electrons. The summed E-state index contributed by atoms with van der Waals surface area (Å²) in [6.07, 6.45) is 2.35. The molecule has 19 heavy (non-hydrogen) atoms. The van der Waals surface area contributed by atoms with E-state index in [9.17, 15) is 0 Å². The van der Waals surface area contributed by atoms with Gasteiger partial charge in [0.15, 0.2) is 0 Å². The Morgan fingerprint density at radius 3 is 2.63 bits per heavy atom. The highest BCUT2D eigenvalue weighted by Crippen LogP contribution is 2.39. The molecular formula is C15H16ClN3. The van der Waals surface area contributed by atoms with Crippen molar-refractivity contribution in [2.75, 3.05) is 11.9 Å². The number of benzene rings is 1. The molecule has 98 valence electrons. The lowest BCUT2D eigenvalue weighted by molar-refractivity contribution is 0.914. The third-order valence-corrected chi connectivity index (χ3v) is 3.66. The van der Waals surface area contributed by atoms with Crippen LogP contribution in [-0.2, 0) is 0 Å². The van der Waals surface area contributed by atoms with E-state index in [1.807, 2.05) is 25.2 Å². The first-order chi connectivity index (χ1) is 9.15. The summed E-state index contributed by atoms with van der Waals surface area (Å²) in [5.74, 6) is 2.24. The largest absolute Gasteiger partial charge is 0.329 e. The van der Waals surface area contributed by atoms with E-state index in [-0.39, 0.29) is 0 Å². The van der Waals surface area contributed by atoms with Crippen molar-refractivity contribution in [1.82, 2.24) is 9.97 Å². The van der Waals surface area contributed by atoms with Crippen LogP contribution in [0.2, 0.25) is 5.15 Å². The van der Waals surface area contributed by atoms with Crippen LogP contribution in [0.15, 0.2) is 30.3 Å². The molecule has 4 heteroatoms. The maximum absolute atomic E-state index is 6.12. The highest BCUT2D eigenvalue weighted by molar-refractivity contribution is 6.29. The maximum atomic E-state index is 6.12. The number of aromatic nitrogens is 2. The van der Waals surface area contributed by atoms with E-state index in [4.69, 9.17) is 11.6 Å². The van der Waals surface area contributed by atoms with Crippen LogP contribution in [-0.4, -0.2) is 17.0 Å². The summed E-state index contributed by atoms with van der Waals surface area (Å²) < 4.78 is 0. The molecule has 1 aliphatic rings. The maximum Gasteiger partial charge on any atom is 0.137 e. The van der Waals surface area contributed by atoms with Crippen molar-refractivity contribution in [3.63, 3.8) is 0 Å². The predicted molar refractivity (Wildman–Crippen MR) is 78.3 cm³/mol. The van der Waals surface area contributed by atoms with Crippen molar-refractivity contribution >= 4 is 23.1 Å². The van der Waals surface area contributed by atoms with Crippen LogP contribution in [0.4, 0.5) is 11.5 Å². The zero-order valence-electron chi connectivity index (χ0n) is 11.1. The van der Waals surface area contributed by atoms with Crippen LogP contribution >= 0.6 is 11.6 Å². The molecule has 1 aromatic carbocycles. The highest BCUT2D eigenvalue weighted by atomic mass is 35.5. The second kappa shape index (κ2) is 4.82. The number of anilines is 2. The first kappa shape index (κ1) is 12.4. The fourth-order valence-corrected chi connectivity index (χ4v) is 2.37. The molecule has 0 unspecified atom stereocenters. The Morgan fingerprint density at radius 1 is 1.21 bits per heavy atom. The van der Waals surface area contributed by atoms with E-state index in [1.165, 1.54) is 18.4 Å². The van der Waals surface area contributed by atoms with Gasteiger partial charge in [0.1, 0.15) is 16.8 Å². The molecule has 0 spiro atoms. The van der Waals surface area contributed by atoms with E-state index in [0.29, 0.717) is 11.1 Å². The summed E-state index contributed by atoms with van der Waals surface area (Å²) in [6, 6.07) is 10.1. The smallest absolute Gasteiger partial charge is 0.137 e. The Balaban J connectivity index is 1.99. The molecule has 3 rings (SSSR count). The number of hydrogen-bond acceptors (Lipinski definition) is 3. The molecule has 0 amide bonds. The summed E-state index contributed by atoms with van der Waals surface area (Å²) in [5, 5.41) is 0.521. The van der Waals surface area contributed by atoms with Gasteiger partial charge in [0.2, 0.25) is 0 Å². The lowest BCUT2D eigenvalue weighted by Gasteiger charge is -2.21. The summed E-state index contributed by atoms with van der Waals surface area (Å²) in [5.41, 5.74) is 2.35. The zero-order chi connectivity index (χ0) is 13.4. The van der Waals surface area contributed by atoms with Crippen molar-refractivity contribution in [3.05, 3.63) is 46.9 Å². The van der Waals surface area contributed by atoms with Gasteiger partial charge in [0, 0.05) is 24.7 Å². The van der Waals surface area contributed by atoms with Crippen LogP contribution < -0.4 is 4.90 Å². The summed E-state index contributed by atoms with van der Waals surface area (Å²) >= 11 is 6.12. The molecule has 3 nitrogen and oxygen atoms in total. The minimum absolute atomic E-state index is 0.503. The van der Waals surface area contributed by atoms with Gasteiger partial charge in [-0.05, 0) is 31.4 Å². The van der Waals surface area contributed by atoms with Gasteiger partial charge in [-0.2, -0.15) is 0 Å². The second-order valence-electron chi connectivity index (χ2n) is 5.03. The quantitative estimate of drug-likeness (QED) is 0.789. The van der Waals surface area contributed by atoms with Crippen molar-refractivity contribution in [2.45, 2.75) is 25.7 Å². The third-order valence-electron chi connectivity index (χ3n) is 3.46. The molecule has 1 aromatic heterocycles. The fraction of sp³-hybridized carbons (Fsp3) is 0.333. The molecule has 0 atom stereocenters. The molecular weight excluding hydrogens is 258 g/mol. The Bertz CT molecular complexity index is 608. The van der Waals surface area contributed by atoms with Gasteiger partial charge >= 0.3 is 0 Å². The standard InChI is InChI=1S/C15H16ClN3/c1-10-5-3-4-6-12(10)19(2)14-9-13(16)17-15(18-14)11-7-8-11/h3-6,9,11H,7-8H2,1-2H3. The molecule has 0 bridgehead atoms. The van der Waals surface area contributed by atoms with Crippen LogP contribution in [0.5, 0.6) is 0 Å². The van der Waals surface area contributed by atoms with Crippen LogP contribution in [0.3, 0.4) is 0 Å². The van der Waals surface area contributed by atoms with E-state index < -0.39 is 0 Å². The third kappa shape index (κ3) is 2.56. The van der Waals surface area contributed by atoms with E-state index in [1.54, 1.807) is 0 Å². The first-order valence-corrected chi connectivity index (χ1v) is 6.87. The summed E-state index contributed by atoms with van der Waals surface area (Å²) in [4.78, 5) is 11.0. The van der Waals surface area contributed by atoms with E-state index in [0.717, 1.165) is 17.3 Å². The van der Waals surface area contributed by atoms with Crippen molar-refractivity contribution in [2.24, 2.45) is 0 Å². The van der Waals surface area contributed by atoms with Crippen LogP contribution in [0, 0.1) is 6.92 Å². The minimum atomic E-state index is 0.503. The molecule has 0 N–H and O–H groups in total. The van der Waals surface area contributed by atoms with Gasteiger partial charge in [-0.1, -0.05) is 29.8 Å². The molecule has 1 aliphatic carbocycles. The van der Waals surface area contributed by atoms with Crippen LogP contribution in [0.1, 0.15) is 30.1 Å². The number of aryl methyl sites for hydroxylation is 1. The van der Waals surface area contributed by atoms with Gasteiger partial charge in [-0.25, -0.2) is 9.97 Å². The molecule has 0 saturated heterocycles. The fourth-order valence-electron chi connectivity index (χ4n) is 2.18. The van der Waals surface area contributed by atoms with Gasteiger partial charge in [0.25, 0.3) is 0 Å². The van der Waals surface area contributed by atoms with Crippen LogP contribution in [0.25, 0.3) is 0 Å². The SMILES string of the molecule is Cc1ccccc1N(C)c1cc(Cl)nc(C2CC2)n1. The highest BCUT2D eigenvalue weighted by Gasteiger charge is 2.27. The topological polar surface area (TPSA) is 29.0 Å². The Labute approximate surface area is 118 Å². The molecule has 2 aromatic rings. The minimum Gasteiger partial charge on any atom is -0.329 e. The Morgan fingerprint density at radius 2 is 1.95 bits per heavy atom. The number of para-hydroxylation sites is 1. The lowest BCUT2D eigenvalue weighted by atomic mass is 10.2. The average Bonchev–Trinajstić information content (AvgIpc) is 3.22. The molecule has 1 fully saturated rings. The summed E-state index contributed by atoms with van der Waals surface area (Å²) in [6.45, 7) is 2.09. The number of rotatable bonds is 3. The van der Waals surface area contributed by atoms with E-state index in [2.05, 4.69) is 33.9 Å². The van der Waals surface area contributed by atoms with Gasteiger partial charge in [-0.3, -0.25) is 0 Å². The number of halogens is 1. The number of nitrogens with zero attached hydrogens (tertiary/aromatic N) is 3. The summed E-state index contributed by atoms with van der Waals surface area (Å²) in [7, 11) is 2.01. The molecule has 1 saturated carbocycles. The lowest BCUT2D eigenvalue weighted by Crippen LogP contribution is -2.13. The first-order valence-electron chi connectivity index (χ1n) is 6.49. The van der Waals surface area contributed by atoms with Crippen molar-refractivity contribution in [3.8, 4) is 0 Å². The monoisotopic (exact) mass is 273 g/mol. The average molecular weight is 274 g/mol. The zero-order valence-corrected chi connectivity index (χ0v) is 11.9. The van der Waals surface area contributed by atoms with E-state index >= 15 is 0 Å². The normalized spacial score (nSPS) is 14.5. The van der Waals surface area contributed by atoms with Crippen molar-refractivity contribution < 1.29 is 0 Å². The number of hydrogen-bond donors (Lipinski definition) is 0. The Hall–Kier alpha value is -1.61. The van der Waals surface area contributed by atoms with Gasteiger partial charge < -0.3 is 4.90 Å². The van der Waals surface area contributed by atoms with Gasteiger partial charge in [-0.15, -0.1) is 0 Å².